The summed E-state index contributed by atoms with van der Waals surface area (Å²) in [5.74, 6) is -0.163. The van der Waals surface area contributed by atoms with Crippen LogP contribution in [0.3, 0.4) is 0 Å². The first-order valence-electron chi connectivity index (χ1n) is 8.72. The molecular weight excluding hydrogens is 340 g/mol. The number of fused-ring (bicyclic) bond motifs is 1. The number of anilines is 1. The molecule has 6 heteroatoms. The summed E-state index contributed by atoms with van der Waals surface area (Å²) in [6.07, 6.45) is 0.273. The van der Waals surface area contributed by atoms with Crippen molar-refractivity contribution in [1.82, 2.24) is 10.2 Å². The molecule has 1 amide bonds. The fraction of sp³-hybridized carbons (Fsp3) is 0.238. The molecule has 0 spiro atoms. The number of amides is 1. The number of aromatic amines is 1. The van der Waals surface area contributed by atoms with Gasteiger partial charge in [-0.05, 0) is 37.1 Å². The van der Waals surface area contributed by atoms with Gasteiger partial charge in [-0.1, -0.05) is 30.3 Å². The summed E-state index contributed by atoms with van der Waals surface area (Å²) in [6, 6.07) is 15.1. The molecule has 1 heterocycles. The molecule has 6 nitrogen and oxygen atoms in total. The molecule has 0 bridgehead atoms. The van der Waals surface area contributed by atoms with Crippen LogP contribution in [-0.2, 0) is 11.2 Å². The highest BCUT2D eigenvalue weighted by Gasteiger charge is 2.20. The molecule has 1 aromatic heterocycles. The smallest absolute Gasteiger partial charge is 0.272 e. The molecule has 136 valence electrons. The van der Waals surface area contributed by atoms with Gasteiger partial charge in [-0.3, -0.25) is 9.59 Å². The summed E-state index contributed by atoms with van der Waals surface area (Å²) in [5, 5.41) is 16.7. The van der Waals surface area contributed by atoms with Crippen LogP contribution in [0.25, 0.3) is 10.8 Å². The predicted octanol–water partition coefficient (Wildman–Crippen LogP) is 3.03. The minimum atomic E-state index is -0.280. The van der Waals surface area contributed by atoms with E-state index in [-0.39, 0.29) is 24.3 Å². The number of aryl methyl sites for hydroxylation is 2. The zero-order valence-corrected chi connectivity index (χ0v) is 15.3. The van der Waals surface area contributed by atoms with E-state index in [2.05, 4.69) is 16.3 Å². The standard InChI is InChI=1S/C21H20N4O2/c1-14-8-9-15(2)19(12-14)25(11-5-10-22)20(26)13-18-16-6-3-4-7-17(16)21(27)24-23-18/h3-4,6-9,12H,5,11,13H2,1-2H3,(H,24,27). The largest absolute Gasteiger partial charge is 0.311 e. The first kappa shape index (κ1) is 18.3. The third kappa shape index (κ3) is 3.87. The normalized spacial score (nSPS) is 10.6. The highest BCUT2D eigenvalue weighted by Crippen LogP contribution is 2.23. The van der Waals surface area contributed by atoms with E-state index in [4.69, 9.17) is 5.26 Å². The lowest BCUT2D eigenvalue weighted by atomic mass is 10.1. The number of carbonyl (C=O) groups excluding carboxylic acids is 1. The highest BCUT2D eigenvalue weighted by molar-refractivity contribution is 5.97. The molecule has 0 unspecified atom stereocenters. The second-order valence-corrected chi connectivity index (χ2v) is 6.47. The molecule has 2 aromatic carbocycles. The van der Waals surface area contributed by atoms with Crippen LogP contribution in [-0.4, -0.2) is 22.6 Å². The topological polar surface area (TPSA) is 89.8 Å². The van der Waals surface area contributed by atoms with Gasteiger partial charge in [0.15, 0.2) is 0 Å². The Morgan fingerprint density at radius 1 is 1.19 bits per heavy atom. The molecule has 0 aliphatic rings. The van der Waals surface area contributed by atoms with Gasteiger partial charge in [0.25, 0.3) is 5.56 Å². The first-order valence-corrected chi connectivity index (χ1v) is 8.72. The minimum Gasteiger partial charge on any atom is -0.311 e. The fourth-order valence-electron chi connectivity index (χ4n) is 3.10. The maximum absolute atomic E-state index is 13.1. The summed E-state index contributed by atoms with van der Waals surface area (Å²) in [7, 11) is 0. The van der Waals surface area contributed by atoms with E-state index in [1.54, 1.807) is 23.1 Å². The summed E-state index contributed by atoms with van der Waals surface area (Å²) < 4.78 is 0. The van der Waals surface area contributed by atoms with E-state index in [1.165, 1.54) is 0 Å². The molecule has 3 rings (SSSR count). The number of aromatic nitrogens is 2. The molecule has 0 fully saturated rings. The number of hydrogen-bond donors (Lipinski definition) is 1. The van der Waals surface area contributed by atoms with Gasteiger partial charge in [-0.2, -0.15) is 10.4 Å². The van der Waals surface area contributed by atoms with Crippen LogP contribution in [0.1, 0.15) is 23.2 Å². The summed E-state index contributed by atoms with van der Waals surface area (Å²) >= 11 is 0. The Kier molecular flexibility index (Phi) is 5.32. The predicted molar refractivity (Wildman–Crippen MR) is 105 cm³/mol. The Morgan fingerprint density at radius 2 is 1.93 bits per heavy atom. The number of benzene rings is 2. The van der Waals surface area contributed by atoms with E-state index >= 15 is 0 Å². The van der Waals surface area contributed by atoms with E-state index in [1.807, 2.05) is 38.1 Å². The van der Waals surface area contributed by atoms with Crippen molar-refractivity contribution in [2.24, 2.45) is 0 Å². The van der Waals surface area contributed by atoms with Gasteiger partial charge < -0.3 is 4.90 Å². The Labute approximate surface area is 157 Å². The number of hydrogen-bond acceptors (Lipinski definition) is 4. The maximum Gasteiger partial charge on any atom is 0.272 e. The highest BCUT2D eigenvalue weighted by atomic mass is 16.2. The van der Waals surface area contributed by atoms with E-state index < -0.39 is 0 Å². The van der Waals surface area contributed by atoms with Gasteiger partial charge in [0.05, 0.1) is 30.0 Å². The third-order valence-electron chi connectivity index (χ3n) is 4.50. The first-order chi connectivity index (χ1) is 13.0. The van der Waals surface area contributed by atoms with Gasteiger partial charge in [-0.25, -0.2) is 5.10 Å². The minimum absolute atomic E-state index is 0.0378. The summed E-state index contributed by atoms with van der Waals surface area (Å²) in [4.78, 5) is 26.7. The quantitative estimate of drug-likeness (QED) is 0.757. The van der Waals surface area contributed by atoms with Crippen LogP contribution in [0.15, 0.2) is 47.3 Å². The molecule has 3 aromatic rings. The van der Waals surface area contributed by atoms with Crippen LogP contribution in [0.2, 0.25) is 0 Å². The SMILES string of the molecule is Cc1ccc(C)c(N(CCC#N)C(=O)Cc2n[nH]c(=O)c3ccccc23)c1. The lowest BCUT2D eigenvalue weighted by molar-refractivity contribution is -0.118. The molecule has 0 radical (unpaired) electrons. The van der Waals surface area contributed by atoms with Gasteiger partial charge in [0, 0.05) is 17.6 Å². The second kappa shape index (κ2) is 7.83. The van der Waals surface area contributed by atoms with Crippen LogP contribution in [0.4, 0.5) is 5.69 Å². The Hall–Kier alpha value is -3.46. The average molecular weight is 360 g/mol. The monoisotopic (exact) mass is 360 g/mol. The average Bonchev–Trinajstić information content (AvgIpc) is 2.67. The van der Waals surface area contributed by atoms with E-state index in [0.717, 1.165) is 16.8 Å². The van der Waals surface area contributed by atoms with Crippen LogP contribution >= 0.6 is 0 Å². The van der Waals surface area contributed by atoms with Crippen LogP contribution in [0.5, 0.6) is 0 Å². The lowest BCUT2D eigenvalue weighted by Crippen LogP contribution is -2.34. The van der Waals surface area contributed by atoms with Crippen LogP contribution in [0, 0.1) is 25.2 Å². The molecular formula is C21H20N4O2. The molecule has 0 saturated heterocycles. The molecule has 0 aliphatic heterocycles. The van der Waals surface area contributed by atoms with Crippen molar-refractivity contribution in [1.29, 1.82) is 5.26 Å². The molecule has 0 aliphatic carbocycles. The Balaban J connectivity index is 1.99. The van der Waals surface area contributed by atoms with Crippen molar-refractivity contribution in [3.05, 3.63) is 69.6 Å². The number of H-pyrrole nitrogens is 1. The second-order valence-electron chi connectivity index (χ2n) is 6.47. The van der Waals surface area contributed by atoms with Crippen molar-refractivity contribution in [3.8, 4) is 6.07 Å². The lowest BCUT2D eigenvalue weighted by Gasteiger charge is -2.24. The summed E-state index contributed by atoms with van der Waals surface area (Å²) in [6.45, 7) is 4.21. The molecule has 27 heavy (non-hydrogen) atoms. The molecule has 0 atom stereocenters. The number of nitrogens with one attached hydrogen (secondary N) is 1. The summed E-state index contributed by atoms with van der Waals surface area (Å²) in [5.41, 5.74) is 3.04. The zero-order chi connectivity index (χ0) is 19.4. The fourth-order valence-corrected chi connectivity index (χ4v) is 3.10. The number of rotatable bonds is 5. The zero-order valence-electron chi connectivity index (χ0n) is 15.3. The van der Waals surface area contributed by atoms with Gasteiger partial charge in [0.1, 0.15) is 0 Å². The van der Waals surface area contributed by atoms with E-state index in [9.17, 15) is 9.59 Å². The van der Waals surface area contributed by atoms with Gasteiger partial charge in [0.2, 0.25) is 5.91 Å². The van der Waals surface area contributed by atoms with Crippen molar-refractivity contribution in [3.63, 3.8) is 0 Å². The Morgan fingerprint density at radius 3 is 2.67 bits per heavy atom. The van der Waals surface area contributed by atoms with Crippen molar-refractivity contribution < 1.29 is 4.79 Å². The maximum atomic E-state index is 13.1. The number of nitrogens with zero attached hydrogens (tertiary/aromatic N) is 3. The van der Waals surface area contributed by atoms with Crippen LogP contribution < -0.4 is 10.5 Å². The molecule has 0 saturated carbocycles. The number of nitriles is 1. The number of carbonyl (C=O) groups is 1. The van der Waals surface area contributed by atoms with Gasteiger partial charge >= 0.3 is 0 Å². The van der Waals surface area contributed by atoms with Gasteiger partial charge in [-0.15, -0.1) is 0 Å². The molecule has 1 N–H and O–H groups in total. The third-order valence-corrected chi connectivity index (χ3v) is 4.50. The Bertz CT molecular complexity index is 1100. The van der Waals surface area contributed by atoms with E-state index in [0.29, 0.717) is 23.0 Å². The van der Waals surface area contributed by atoms with Crippen molar-refractivity contribution in [2.45, 2.75) is 26.7 Å². The van der Waals surface area contributed by atoms with Crippen molar-refractivity contribution >= 4 is 22.4 Å². The van der Waals surface area contributed by atoms with Crippen molar-refractivity contribution in [2.75, 3.05) is 11.4 Å².